The molecule has 0 atom stereocenters. The maximum absolute atomic E-state index is 12.9. The van der Waals surface area contributed by atoms with Crippen LogP contribution in [0.25, 0.3) is 0 Å². The minimum absolute atomic E-state index is 0.142. The second kappa shape index (κ2) is 8.31. The Balaban J connectivity index is 1.48. The van der Waals surface area contributed by atoms with Gasteiger partial charge in [0.1, 0.15) is 5.75 Å². The van der Waals surface area contributed by atoms with Crippen LogP contribution < -0.4 is 9.64 Å². The molecule has 0 aromatic heterocycles. The Morgan fingerprint density at radius 3 is 2.62 bits per heavy atom. The normalized spacial score (nSPS) is 17.2. The van der Waals surface area contributed by atoms with Crippen LogP contribution in [-0.4, -0.2) is 58.1 Å². The summed E-state index contributed by atoms with van der Waals surface area (Å²) < 4.78 is 37.9. The fourth-order valence-corrected chi connectivity index (χ4v) is 5.16. The molecule has 1 saturated heterocycles. The Morgan fingerprint density at radius 2 is 1.86 bits per heavy atom. The number of fused-ring (bicyclic) bond motifs is 1. The molecule has 0 bridgehead atoms. The van der Waals surface area contributed by atoms with Crippen LogP contribution in [-0.2, 0) is 26.0 Å². The number of rotatable bonds is 5. The van der Waals surface area contributed by atoms with E-state index in [-0.39, 0.29) is 17.4 Å². The van der Waals surface area contributed by atoms with Gasteiger partial charge in [0.25, 0.3) is 5.91 Å². The van der Waals surface area contributed by atoms with Gasteiger partial charge in [-0.3, -0.25) is 4.79 Å². The molecule has 1 amide bonds. The number of ether oxygens (including phenoxy) is 2. The molecule has 29 heavy (non-hydrogen) atoms. The van der Waals surface area contributed by atoms with E-state index in [2.05, 4.69) is 0 Å². The predicted molar refractivity (Wildman–Crippen MR) is 109 cm³/mol. The molecule has 0 unspecified atom stereocenters. The number of carbonyl (C=O) groups is 1. The first-order chi connectivity index (χ1) is 14.0. The maximum Gasteiger partial charge on any atom is 0.264 e. The number of morpholine rings is 1. The molecule has 1 fully saturated rings. The highest BCUT2D eigenvalue weighted by Gasteiger charge is 2.30. The van der Waals surface area contributed by atoms with Gasteiger partial charge >= 0.3 is 0 Å². The minimum atomic E-state index is -3.56. The monoisotopic (exact) mass is 436 g/mol. The number of anilines is 1. The van der Waals surface area contributed by atoms with Gasteiger partial charge < -0.3 is 14.4 Å². The molecule has 2 aliphatic heterocycles. The summed E-state index contributed by atoms with van der Waals surface area (Å²) in [4.78, 5) is 14.5. The molecule has 2 aromatic carbocycles. The van der Waals surface area contributed by atoms with E-state index in [4.69, 9.17) is 21.1 Å². The van der Waals surface area contributed by atoms with E-state index in [0.29, 0.717) is 50.0 Å². The molecule has 0 radical (unpaired) electrons. The molecule has 154 valence electrons. The zero-order valence-electron chi connectivity index (χ0n) is 15.7. The van der Waals surface area contributed by atoms with Crippen LogP contribution in [0.4, 0.5) is 5.69 Å². The van der Waals surface area contributed by atoms with Crippen LogP contribution in [0.1, 0.15) is 5.56 Å². The van der Waals surface area contributed by atoms with Crippen molar-refractivity contribution in [1.82, 2.24) is 4.31 Å². The largest absolute Gasteiger partial charge is 0.482 e. The van der Waals surface area contributed by atoms with Crippen molar-refractivity contribution >= 4 is 33.2 Å². The van der Waals surface area contributed by atoms with Crippen LogP contribution in [0.3, 0.4) is 0 Å². The van der Waals surface area contributed by atoms with Crippen LogP contribution in [0.2, 0.25) is 5.02 Å². The van der Waals surface area contributed by atoms with Crippen molar-refractivity contribution in [3.05, 3.63) is 53.1 Å². The van der Waals surface area contributed by atoms with Gasteiger partial charge in [-0.15, -0.1) is 0 Å². The summed E-state index contributed by atoms with van der Waals surface area (Å²) in [7, 11) is -3.56. The first-order valence-corrected chi connectivity index (χ1v) is 11.2. The second-order valence-corrected chi connectivity index (χ2v) is 9.17. The number of sulfonamides is 1. The lowest BCUT2D eigenvalue weighted by Crippen LogP contribution is -2.40. The van der Waals surface area contributed by atoms with Crippen molar-refractivity contribution in [2.75, 3.05) is 44.4 Å². The molecule has 2 heterocycles. The van der Waals surface area contributed by atoms with Gasteiger partial charge in [-0.1, -0.05) is 23.7 Å². The summed E-state index contributed by atoms with van der Waals surface area (Å²) in [5.41, 5.74) is 1.56. The van der Waals surface area contributed by atoms with E-state index >= 15 is 0 Å². The summed E-state index contributed by atoms with van der Waals surface area (Å²) in [6.45, 7) is 1.85. The molecule has 0 saturated carbocycles. The van der Waals surface area contributed by atoms with Crippen LogP contribution in [0, 0.1) is 0 Å². The number of hydrogen-bond donors (Lipinski definition) is 0. The third-order valence-corrected chi connectivity index (χ3v) is 7.25. The molecular formula is C20H21ClN2O5S. The van der Waals surface area contributed by atoms with E-state index in [9.17, 15) is 13.2 Å². The van der Waals surface area contributed by atoms with Crippen molar-refractivity contribution in [3.8, 4) is 5.75 Å². The number of para-hydroxylation sites is 1. The average molecular weight is 437 g/mol. The van der Waals surface area contributed by atoms with Gasteiger partial charge in [0.2, 0.25) is 10.0 Å². The van der Waals surface area contributed by atoms with E-state index in [1.54, 1.807) is 47.4 Å². The van der Waals surface area contributed by atoms with E-state index in [1.807, 2.05) is 0 Å². The van der Waals surface area contributed by atoms with Crippen molar-refractivity contribution < 1.29 is 22.7 Å². The van der Waals surface area contributed by atoms with Crippen molar-refractivity contribution in [2.45, 2.75) is 11.3 Å². The SMILES string of the molecule is O=C(COc1ccccc1Cl)N1CCc2cc(S(=O)(=O)N3CCOCC3)ccc21. The van der Waals surface area contributed by atoms with Crippen LogP contribution in [0.5, 0.6) is 5.75 Å². The van der Waals surface area contributed by atoms with Crippen molar-refractivity contribution in [2.24, 2.45) is 0 Å². The third kappa shape index (κ3) is 4.11. The zero-order valence-corrected chi connectivity index (χ0v) is 17.3. The highest BCUT2D eigenvalue weighted by atomic mass is 35.5. The number of carbonyl (C=O) groups excluding carboxylic acids is 1. The van der Waals surface area contributed by atoms with Gasteiger partial charge in [-0.05, 0) is 42.3 Å². The number of benzene rings is 2. The molecule has 2 aromatic rings. The zero-order chi connectivity index (χ0) is 20.4. The molecule has 2 aliphatic rings. The number of amides is 1. The fraction of sp³-hybridized carbons (Fsp3) is 0.350. The molecule has 7 nitrogen and oxygen atoms in total. The Bertz CT molecular complexity index is 1020. The standard InChI is InChI=1S/C20H21ClN2O5S/c21-17-3-1-2-4-19(17)28-14-20(24)23-8-7-15-13-16(5-6-18(15)23)29(25,26)22-9-11-27-12-10-22/h1-6,13H,7-12,14H2. The quantitative estimate of drug-likeness (QED) is 0.719. The van der Waals surface area contributed by atoms with Gasteiger partial charge in [0.15, 0.2) is 6.61 Å². The van der Waals surface area contributed by atoms with Crippen LogP contribution >= 0.6 is 11.6 Å². The summed E-state index contributed by atoms with van der Waals surface area (Å²) in [5.74, 6) is 0.251. The Morgan fingerprint density at radius 1 is 1.10 bits per heavy atom. The van der Waals surface area contributed by atoms with E-state index in [0.717, 1.165) is 11.3 Å². The highest BCUT2D eigenvalue weighted by molar-refractivity contribution is 7.89. The maximum atomic E-state index is 12.9. The summed E-state index contributed by atoms with van der Waals surface area (Å²) in [6.07, 6.45) is 0.597. The first kappa shape index (κ1) is 20.2. The molecule has 0 N–H and O–H groups in total. The molecule has 9 heteroatoms. The van der Waals surface area contributed by atoms with E-state index < -0.39 is 10.0 Å². The Labute approximate surface area is 174 Å². The number of hydrogen-bond acceptors (Lipinski definition) is 5. The lowest BCUT2D eigenvalue weighted by atomic mass is 10.2. The Hall–Kier alpha value is -2.13. The number of halogens is 1. The molecule has 0 spiro atoms. The molecule has 4 rings (SSSR count). The fourth-order valence-electron chi connectivity index (χ4n) is 3.51. The third-order valence-electron chi connectivity index (χ3n) is 5.04. The molecular weight excluding hydrogens is 416 g/mol. The molecule has 0 aliphatic carbocycles. The van der Waals surface area contributed by atoms with E-state index in [1.165, 1.54) is 4.31 Å². The highest BCUT2D eigenvalue weighted by Crippen LogP contribution is 2.32. The van der Waals surface area contributed by atoms with Gasteiger partial charge in [-0.25, -0.2) is 8.42 Å². The summed E-state index contributed by atoms with van der Waals surface area (Å²) in [6, 6.07) is 11.9. The van der Waals surface area contributed by atoms with Crippen molar-refractivity contribution in [1.29, 1.82) is 0 Å². The number of nitrogens with zero attached hydrogens (tertiary/aromatic N) is 2. The topological polar surface area (TPSA) is 76.2 Å². The lowest BCUT2D eigenvalue weighted by molar-refractivity contribution is -0.120. The van der Waals surface area contributed by atoms with Crippen molar-refractivity contribution in [3.63, 3.8) is 0 Å². The minimum Gasteiger partial charge on any atom is -0.482 e. The average Bonchev–Trinajstić information content (AvgIpc) is 3.17. The predicted octanol–water partition coefficient (Wildman–Crippen LogP) is 2.33. The summed E-state index contributed by atoms with van der Waals surface area (Å²) in [5, 5.41) is 0.445. The lowest BCUT2D eigenvalue weighted by Gasteiger charge is -2.26. The van der Waals surface area contributed by atoms with Gasteiger partial charge in [-0.2, -0.15) is 4.31 Å². The van der Waals surface area contributed by atoms with Gasteiger partial charge in [0, 0.05) is 25.3 Å². The van der Waals surface area contributed by atoms with Gasteiger partial charge in [0.05, 0.1) is 23.1 Å². The Kier molecular flexibility index (Phi) is 5.78. The summed E-state index contributed by atoms with van der Waals surface area (Å²) >= 11 is 6.05. The van der Waals surface area contributed by atoms with Crippen LogP contribution in [0.15, 0.2) is 47.4 Å². The second-order valence-electron chi connectivity index (χ2n) is 6.82. The first-order valence-electron chi connectivity index (χ1n) is 9.35. The smallest absolute Gasteiger partial charge is 0.264 e.